The number of halogens is 1. The molecule has 1 aliphatic heterocycles. The van der Waals surface area contributed by atoms with E-state index < -0.39 is 0 Å². The van der Waals surface area contributed by atoms with E-state index in [1.165, 1.54) is 4.90 Å². The van der Waals surface area contributed by atoms with Crippen LogP contribution in [0, 0.1) is 0 Å². The van der Waals surface area contributed by atoms with Gasteiger partial charge in [-0.25, -0.2) is 4.98 Å². The summed E-state index contributed by atoms with van der Waals surface area (Å²) in [6.07, 6.45) is 1.68. The summed E-state index contributed by atoms with van der Waals surface area (Å²) in [5.74, 6) is 0.0133. The molecule has 0 aliphatic carbocycles. The maximum Gasteiger partial charge on any atom is 0.261 e. The van der Waals surface area contributed by atoms with Crippen LogP contribution in [0.4, 0.5) is 0 Å². The smallest absolute Gasteiger partial charge is 0.261 e. The quantitative estimate of drug-likeness (QED) is 0.187. The van der Waals surface area contributed by atoms with Crippen molar-refractivity contribution in [2.45, 2.75) is 0 Å². The number of imide groups is 1. The van der Waals surface area contributed by atoms with Gasteiger partial charge in [-0.15, -0.1) is 0 Å². The first-order chi connectivity index (χ1) is 17.7. The number of benzene rings is 1. The number of hydrogen-bond acceptors (Lipinski definition) is 9. The normalized spacial score (nSPS) is 12.9. The lowest BCUT2D eigenvalue weighted by Gasteiger charge is -2.13. The van der Waals surface area contributed by atoms with Crippen molar-refractivity contribution in [1.29, 1.82) is 0 Å². The number of hydrogen-bond donors (Lipinski definition) is 0. The zero-order valence-corrected chi connectivity index (χ0v) is 21.7. The van der Waals surface area contributed by atoms with E-state index in [0.717, 1.165) is 4.47 Å². The van der Waals surface area contributed by atoms with Crippen molar-refractivity contribution in [3.63, 3.8) is 0 Å². The highest BCUT2D eigenvalue weighted by molar-refractivity contribution is 9.10. The molecule has 196 valence electrons. The molecule has 0 saturated heterocycles. The molecule has 1 aliphatic rings. The van der Waals surface area contributed by atoms with Crippen molar-refractivity contribution in [1.82, 2.24) is 9.88 Å². The van der Waals surface area contributed by atoms with Crippen molar-refractivity contribution in [3.8, 4) is 5.88 Å². The van der Waals surface area contributed by atoms with Crippen LogP contribution in [0.1, 0.15) is 20.7 Å². The molecule has 0 spiro atoms. The molecule has 0 atom stereocenters. The van der Waals surface area contributed by atoms with Crippen molar-refractivity contribution in [2.24, 2.45) is 0 Å². The molecule has 0 unspecified atom stereocenters. The summed E-state index contributed by atoms with van der Waals surface area (Å²) >= 11 is 3.32. The summed E-state index contributed by atoms with van der Waals surface area (Å²) in [6, 6.07) is 10.5. The number of fused-ring (bicyclic) bond motifs is 1. The molecular formula is C25H31BrN2O8. The Morgan fingerprint density at radius 1 is 0.639 bits per heavy atom. The molecular weight excluding hydrogens is 536 g/mol. The van der Waals surface area contributed by atoms with Crippen LogP contribution in [0.15, 0.2) is 47.1 Å². The van der Waals surface area contributed by atoms with E-state index in [-0.39, 0.29) is 25.0 Å². The number of amides is 2. The minimum absolute atomic E-state index is 0.220. The van der Waals surface area contributed by atoms with Gasteiger partial charge in [-0.05, 0) is 34.1 Å². The van der Waals surface area contributed by atoms with Gasteiger partial charge in [0.2, 0.25) is 5.88 Å². The van der Waals surface area contributed by atoms with Crippen LogP contribution in [0.2, 0.25) is 0 Å². The molecule has 11 heteroatoms. The summed E-state index contributed by atoms with van der Waals surface area (Å²) in [4.78, 5) is 29.8. The first-order valence-corrected chi connectivity index (χ1v) is 12.5. The summed E-state index contributed by atoms with van der Waals surface area (Å²) in [5, 5.41) is 0. The van der Waals surface area contributed by atoms with Crippen molar-refractivity contribution in [2.75, 3.05) is 79.2 Å². The third kappa shape index (κ3) is 9.57. The lowest BCUT2D eigenvalue weighted by atomic mass is 10.1. The Balaban J connectivity index is 1.04. The first kappa shape index (κ1) is 28.2. The van der Waals surface area contributed by atoms with Gasteiger partial charge in [-0.2, -0.15) is 0 Å². The van der Waals surface area contributed by atoms with Gasteiger partial charge in [0.1, 0.15) is 6.61 Å². The molecule has 0 bridgehead atoms. The average molecular weight is 567 g/mol. The van der Waals surface area contributed by atoms with Crippen LogP contribution in [0.25, 0.3) is 0 Å². The molecule has 0 radical (unpaired) electrons. The minimum Gasteiger partial charge on any atom is -0.475 e. The monoisotopic (exact) mass is 566 g/mol. The minimum atomic E-state index is -0.274. The SMILES string of the molecule is O=C1c2ccccc2C(=O)N1CCOCCOCCOCCOCCOCCOc1ccc(Br)cn1. The van der Waals surface area contributed by atoms with E-state index in [4.69, 9.17) is 28.4 Å². The molecule has 2 heterocycles. The Morgan fingerprint density at radius 3 is 1.58 bits per heavy atom. The van der Waals surface area contributed by atoms with Crippen LogP contribution < -0.4 is 4.74 Å². The zero-order chi connectivity index (χ0) is 25.4. The summed E-state index contributed by atoms with van der Waals surface area (Å²) in [7, 11) is 0. The maximum atomic E-state index is 12.3. The molecule has 2 aromatic rings. The number of aromatic nitrogens is 1. The highest BCUT2D eigenvalue weighted by Gasteiger charge is 2.34. The molecule has 3 rings (SSSR count). The zero-order valence-electron chi connectivity index (χ0n) is 20.1. The molecule has 1 aromatic carbocycles. The number of carbonyl (C=O) groups is 2. The number of rotatable bonds is 19. The second-order valence-corrected chi connectivity index (χ2v) is 8.45. The van der Waals surface area contributed by atoms with E-state index in [1.54, 1.807) is 36.5 Å². The molecule has 0 N–H and O–H groups in total. The number of carbonyl (C=O) groups excluding carboxylic acids is 2. The Hall–Kier alpha value is -2.41. The molecule has 0 saturated carbocycles. The number of nitrogens with zero attached hydrogens (tertiary/aromatic N) is 2. The summed E-state index contributed by atoms with van der Waals surface area (Å²) in [5.41, 5.74) is 0.891. The van der Waals surface area contributed by atoms with Crippen LogP contribution in [0.5, 0.6) is 5.88 Å². The van der Waals surface area contributed by atoms with Gasteiger partial charge in [0.15, 0.2) is 0 Å². The molecule has 36 heavy (non-hydrogen) atoms. The Labute approximate surface area is 218 Å². The van der Waals surface area contributed by atoms with Gasteiger partial charge in [-0.1, -0.05) is 12.1 Å². The standard InChI is InChI=1S/C25H31BrN2O8/c26-20-5-6-23(27-19-20)36-18-17-35-16-15-34-14-13-33-12-11-32-10-9-31-8-7-28-24(29)21-3-1-2-4-22(21)25(28)30/h1-6,19H,7-18H2. The van der Waals surface area contributed by atoms with E-state index in [1.807, 2.05) is 6.07 Å². The number of pyridine rings is 1. The van der Waals surface area contributed by atoms with Crippen LogP contribution in [-0.2, 0) is 23.7 Å². The molecule has 0 fully saturated rings. The van der Waals surface area contributed by atoms with Crippen molar-refractivity contribution < 1.29 is 38.0 Å². The highest BCUT2D eigenvalue weighted by atomic mass is 79.9. The second kappa shape index (κ2) is 16.4. The molecule has 1 aromatic heterocycles. The van der Waals surface area contributed by atoms with Gasteiger partial charge in [0, 0.05) is 16.7 Å². The van der Waals surface area contributed by atoms with Gasteiger partial charge >= 0.3 is 0 Å². The van der Waals surface area contributed by atoms with E-state index in [0.29, 0.717) is 83.1 Å². The third-order valence-corrected chi connectivity index (χ3v) is 5.47. The summed E-state index contributed by atoms with van der Waals surface area (Å²) in [6.45, 7) is 4.95. The van der Waals surface area contributed by atoms with Crippen LogP contribution in [-0.4, -0.2) is 101 Å². The van der Waals surface area contributed by atoms with Crippen LogP contribution in [0.3, 0.4) is 0 Å². The Morgan fingerprint density at radius 2 is 1.11 bits per heavy atom. The Kier molecular flexibility index (Phi) is 12.8. The summed E-state index contributed by atoms with van der Waals surface area (Å²) < 4.78 is 33.6. The first-order valence-electron chi connectivity index (χ1n) is 11.7. The fraction of sp³-hybridized carbons (Fsp3) is 0.480. The molecule has 2 amide bonds. The predicted octanol–water partition coefficient (Wildman–Crippen LogP) is 2.60. The lowest BCUT2D eigenvalue weighted by molar-refractivity contribution is -0.0134. The Bertz CT molecular complexity index is 909. The molecule has 10 nitrogen and oxygen atoms in total. The predicted molar refractivity (Wildman–Crippen MR) is 133 cm³/mol. The van der Waals surface area contributed by atoms with Gasteiger partial charge in [-0.3, -0.25) is 14.5 Å². The van der Waals surface area contributed by atoms with E-state index in [2.05, 4.69) is 20.9 Å². The fourth-order valence-corrected chi connectivity index (χ4v) is 3.47. The maximum absolute atomic E-state index is 12.3. The topological polar surface area (TPSA) is 106 Å². The fourth-order valence-electron chi connectivity index (χ4n) is 3.23. The highest BCUT2D eigenvalue weighted by Crippen LogP contribution is 2.21. The van der Waals surface area contributed by atoms with Crippen molar-refractivity contribution >= 4 is 27.7 Å². The largest absolute Gasteiger partial charge is 0.475 e. The van der Waals surface area contributed by atoms with E-state index in [9.17, 15) is 9.59 Å². The number of ether oxygens (including phenoxy) is 6. The lowest BCUT2D eigenvalue weighted by Crippen LogP contribution is -2.33. The van der Waals surface area contributed by atoms with E-state index >= 15 is 0 Å². The van der Waals surface area contributed by atoms with Gasteiger partial charge in [0.25, 0.3) is 11.8 Å². The van der Waals surface area contributed by atoms with Crippen molar-refractivity contribution in [3.05, 3.63) is 58.2 Å². The second-order valence-electron chi connectivity index (χ2n) is 7.53. The van der Waals surface area contributed by atoms with Gasteiger partial charge < -0.3 is 28.4 Å². The van der Waals surface area contributed by atoms with Crippen LogP contribution >= 0.6 is 15.9 Å². The third-order valence-electron chi connectivity index (χ3n) is 5.00. The van der Waals surface area contributed by atoms with Gasteiger partial charge in [0.05, 0.1) is 83.7 Å². The average Bonchev–Trinajstić information content (AvgIpc) is 3.14.